The van der Waals surface area contributed by atoms with E-state index >= 15 is 0 Å². The Bertz CT molecular complexity index is 650. The predicted molar refractivity (Wildman–Crippen MR) is 116 cm³/mol. The normalized spacial score (nSPS) is 26.9. The highest BCUT2D eigenvalue weighted by atomic mass is 16.2. The summed E-state index contributed by atoms with van der Waals surface area (Å²) >= 11 is 0. The van der Waals surface area contributed by atoms with Crippen LogP contribution in [0.2, 0.25) is 0 Å². The maximum Gasteiger partial charge on any atom is 0.224 e. The van der Waals surface area contributed by atoms with Crippen LogP contribution in [0.15, 0.2) is 24.5 Å². The fourth-order valence-electron chi connectivity index (χ4n) is 5.60. The minimum atomic E-state index is 0.0370. The van der Waals surface area contributed by atoms with Gasteiger partial charge in [0.2, 0.25) is 5.91 Å². The van der Waals surface area contributed by atoms with Crippen LogP contribution in [0.5, 0.6) is 0 Å². The molecule has 1 aromatic rings. The Morgan fingerprint density at radius 1 is 1.14 bits per heavy atom. The molecule has 0 aromatic carbocycles. The Balaban J connectivity index is 1.25. The average molecular weight is 399 g/mol. The summed E-state index contributed by atoms with van der Waals surface area (Å²) in [5, 5.41) is 3.44. The van der Waals surface area contributed by atoms with Crippen molar-refractivity contribution in [2.24, 2.45) is 5.92 Å². The van der Waals surface area contributed by atoms with Gasteiger partial charge in [-0.2, -0.15) is 0 Å². The zero-order chi connectivity index (χ0) is 20.1. The third kappa shape index (κ3) is 5.58. The molecule has 3 aliphatic rings. The van der Waals surface area contributed by atoms with Gasteiger partial charge in [0, 0.05) is 37.1 Å². The van der Waals surface area contributed by atoms with Gasteiger partial charge < -0.3 is 5.32 Å². The van der Waals surface area contributed by atoms with E-state index in [0.29, 0.717) is 11.9 Å². The number of aromatic nitrogens is 1. The van der Waals surface area contributed by atoms with Crippen LogP contribution >= 0.6 is 0 Å². The van der Waals surface area contributed by atoms with E-state index in [4.69, 9.17) is 0 Å². The second-order valence-corrected chi connectivity index (χ2v) is 9.81. The van der Waals surface area contributed by atoms with Crippen LogP contribution in [0, 0.1) is 5.92 Å². The van der Waals surface area contributed by atoms with Crippen molar-refractivity contribution in [2.45, 2.75) is 82.8 Å². The van der Waals surface area contributed by atoms with Gasteiger partial charge in [0.1, 0.15) is 0 Å². The monoisotopic (exact) mass is 398 g/mol. The second-order valence-electron chi connectivity index (χ2n) is 9.81. The molecule has 1 saturated carbocycles. The number of piperidine rings is 2. The summed E-state index contributed by atoms with van der Waals surface area (Å²) in [6.07, 6.45) is 14.6. The standard InChI is InChI=1S/C24H38N4O/c1-24(11-3-2-4-12-24)26-23(29)21-8-6-14-28(19-21)22-9-15-27(16-10-22)18-20-7-5-13-25-17-20/h5,7,13,17,21-22H,2-4,6,8-12,14-16,18-19H2,1H3,(H,26,29)/t21-/m1/s1. The van der Waals surface area contributed by atoms with Gasteiger partial charge in [-0.3, -0.25) is 19.6 Å². The van der Waals surface area contributed by atoms with Crippen molar-refractivity contribution in [1.82, 2.24) is 20.1 Å². The van der Waals surface area contributed by atoms with Gasteiger partial charge in [-0.15, -0.1) is 0 Å². The maximum atomic E-state index is 13.0. The van der Waals surface area contributed by atoms with Crippen molar-refractivity contribution >= 4 is 5.91 Å². The van der Waals surface area contributed by atoms with E-state index in [1.807, 2.05) is 18.5 Å². The predicted octanol–water partition coefficient (Wildman–Crippen LogP) is 3.60. The molecule has 0 unspecified atom stereocenters. The van der Waals surface area contributed by atoms with E-state index in [9.17, 15) is 4.79 Å². The third-order valence-electron chi connectivity index (χ3n) is 7.41. The molecule has 3 heterocycles. The molecule has 5 heteroatoms. The molecule has 1 atom stereocenters. The lowest BCUT2D eigenvalue weighted by atomic mass is 9.82. The number of carbonyl (C=O) groups excluding carboxylic acids is 1. The largest absolute Gasteiger partial charge is 0.351 e. The Labute approximate surface area is 176 Å². The molecule has 0 bridgehead atoms. The van der Waals surface area contributed by atoms with Crippen molar-refractivity contribution in [3.8, 4) is 0 Å². The SMILES string of the molecule is CC1(NC(=O)[C@@H]2CCCN(C3CCN(Cc4cccnc4)CC3)C2)CCCCC1. The number of nitrogens with one attached hydrogen (secondary N) is 1. The molecule has 1 amide bonds. The Morgan fingerprint density at radius 3 is 2.66 bits per heavy atom. The Hall–Kier alpha value is -1.46. The second kappa shape index (κ2) is 9.57. The van der Waals surface area contributed by atoms with Crippen molar-refractivity contribution in [3.63, 3.8) is 0 Å². The molecule has 3 fully saturated rings. The summed E-state index contributed by atoms with van der Waals surface area (Å²) in [6, 6.07) is 4.83. The van der Waals surface area contributed by atoms with E-state index in [0.717, 1.165) is 58.4 Å². The first-order valence-corrected chi connectivity index (χ1v) is 11.8. The number of rotatable bonds is 5. The van der Waals surface area contributed by atoms with E-state index in [1.165, 1.54) is 37.7 Å². The van der Waals surface area contributed by atoms with Gasteiger partial charge in [-0.25, -0.2) is 0 Å². The lowest BCUT2D eigenvalue weighted by Crippen LogP contribution is -2.54. The van der Waals surface area contributed by atoms with E-state index in [1.54, 1.807) is 0 Å². The molecule has 1 aliphatic carbocycles. The molecule has 0 spiro atoms. The smallest absolute Gasteiger partial charge is 0.224 e. The van der Waals surface area contributed by atoms with Gasteiger partial charge in [0.15, 0.2) is 0 Å². The molecule has 1 aromatic heterocycles. The van der Waals surface area contributed by atoms with Crippen molar-refractivity contribution in [2.75, 3.05) is 26.2 Å². The highest BCUT2D eigenvalue weighted by molar-refractivity contribution is 5.79. The number of nitrogens with zero attached hydrogens (tertiary/aromatic N) is 3. The van der Waals surface area contributed by atoms with E-state index < -0.39 is 0 Å². The summed E-state index contributed by atoms with van der Waals surface area (Å²) in [5.41, 5.74) is 1.34. The van der Waals surface area contributed by atoms with Gasteiger partial charge in [-0.1, -0.05) is 25.3 Å². The minimum Gasteiger partial charge on any atom is -0.351 e. The summed E-state index contributed by atoms with van der Waals surface area (Å²) in [6.45, 7) is 7.66. The average Bonchev–Trinajstić information content (AvgIpc) is 2.75. The minimum absolute atomic E-state index is 0.0370. The van der Waals surface area contributed by atoms with Crippen molar-refractivity contribution < 1.29 is 4.79 Å². The van der Waals surface area contributed by atoms with Crippen LogP contribution in [-0.2, 0) is 11.3 Å². The van der Waals surface area contributed by atoms with Crippen LogP contribution in [0.4, 0.5) is 0 Å². The topological polar surface area (TPSA) is 48.5 Å². The number of hydrogen-bond acceptors (Lipinski definition) is 4. The fraction of sp³-hybridized carbons (Fsp3) is 0.750. The molecule has 160 valence electrons. The molecule has 29 heavy (non-hydrogen) atoms. The number of amides is 1. The summed E-state index contributed by atoms with van der Waals surface area (Å²) in [5.74, 6) is 0.490. The molecule has 1 N–H and O–H groups in total. The van der Waals surface area contributed by atoms with Gasteiger partial charge in [-0.05, 0) is 76.7 Å². The van der Waals surface area contributed by atoms with Crippen molar-refractivity contribution in [1.29, 1.82) is 0 Å². The highest BCUT2D eigenvalue weighted by Crippen LogP contribution is 2.29. The van der Waals surface area contributed by atoms with Crippen molar-refractivity contribution in [3.05, 3.63) is 30.1 Å². The molecular weight excluding hydrogens is 360 g/mol. The quantitative estimate of drug-likeness (QED) is 0.823. The third-order valence-corrected chi connectivity index (χ3v) is 7.41. The molecule has 4 rings (SSSR count). The highest BCUT2D eigenvalue weighted by Gasteiger charge is 2.35. The van der Waals surface area contributed by atoms with E-state index in [2.05, 4.69) is 33.1 Å². The zero-order valence-corrected chi connectivity index (χ0v) is 18.1. The summed E-state index contributed by atoms with van der Waals surface area (Å²) in [7, 11) is 0. The molecular formula is C24H38N4O. The Kier molecular flexibility index (Phi) is 6.86. The Morgan fingerprint density at radius 2 is 1.93 bits per heavy atom. The number of likely N-dealkylation sites (tertiary alicyclic amines) is 2. The van der Waals surface area contributed by atoms with Gasteiger partial charge in [0.25, 0.3) is 0 Å². The van der Waals surface area contributed by atoms with Gasteiger partial charge >= 0.3 is 0 Å². The molecule has 0 radical (unpaired) electrons. The first-order chi connectivity index (χ1) is 14.1. The lowest BCUT2D eigenvalue weighted by Gasteiger charge is -2.43. The van der Waals surface area contributed by atoms with Crippen LogP contribution in [-0.4, -0.2) is 58.5 Å². The van der Waals surface area contributed by atoms with Gasteiger partial charge in [0.05, 0.1) is 5.92 Å². The first-order valence-electron chi connectivity index (χ1n) is 11.8. The van der Waals surface area contributed by atoms with Crippen LogP contribution in [0.1, 0.15) is 70.3 Å². The van der Waals surface area contributed by atoms with Crippen LogP contribution in [0.25, 0.3) is 0 Å². The molecule has 2 aliphatic heterocycles. The van der Waals surface area contributed by atoms with E-state index in [-0.39, 0.29) is 11.5 Å². The van der Waals surface area contributed by atoms with Crippen LogP contribution < -0.4 is 5.32 Å². The number of hydrogen-bond donors (Lipinski definition) is 1. The fourth-order valence-corrected chi connectivity index (χ4v) is 5.60. The lowest BCUT2D eigenvalue weighted by molar-refractivity contribution is -0.129. The number of carbonyl (C=O) groups is 1. The molecule has 2 saturated heterocycles. The maximum absolute atomic E-state index is 13.0. The number of pyridine rings is 1. The summed E-state index contributed by atoms with van der Waals surface area (Å²) in [4.78, 5) is 22.4. The zero-order valence-electron chi connectivity index (χ0n) is 18.1. The summed E-state index contributed by atoms with van der Waals surface area (Å²) < 4.78 is 0. The van der Waals surface area contributed by atoms with Crippen LogP contribution in [0.3, 0.4) is 0 Å². The first kappa shape index (κ1) is 20.8. The molecule has 5 nitrogen and oxygen atoms in total.